The molecule has 0 amide bonds. The highest BCUT2D eigenvalue weighted by Crippen LogP contribution is 2.02. The van der Waals surface area contributed by atoms with Crippen LogP contribution in [0.25, 0.3) is 0 Å². The molecule has 0 aromatic rings. The first-order valence-electron chi connectivity index (χ1n) is 7.91. The maximum atomic E-state index is 3.54. The van der Waals surface area contributed by atoms with Crippen LogP contribution in [0.4, 0.5) is 0 Å². The first kappa shape index (κ1) is 16.9. The van der Waals surface area contributed by atoms with Gasteiger partial charge in [-0.25, -0.2) is 0 Å². The highest BCUT2D eigenvalue weighted by atomic mass is 15.2. The zero-order valence-electron chi connectivity index (χ0n) is 13.5. The van der Waals surface area contributed by atoms with E-state index in [1.807, 2.05) is 0 Å². The van der Waals surface area contributed by atoms with E-state index in [9.17, 15) is 0 Å². The van der Waals surface area contributed by atoms with Gasteiger partial charge in [0.15, 0.2) is 0 Å². The van der Waals surface area contributed by atoms with Crippen molar-refractivity contribution in [3.8, 4) is 0 Å². The molecule has 0 aromatic heterocycles. The Kier molecular flexibility index (Phi) is 8.62. The lowest BCUT2D eigenvalue weighted by Gasteiger charge is -2.30. The molecule has 0 unspecified atom stereocenters. The highest BCUT2D eigenvalue weighted by molar-refractivity contribution is 4.67. The van der Waals surface area contributed by atoms with E-state index in [1.54, 1.807) is 0 Å². The van der Waals surface area contributed by atoms with Gasteiger partial charge in [0.1, 0.15) is 0 Å². The van der Waals surface area contributed by atoms with Gasteiger partial charge in [-0.15, -0.1) is 0 Å². The Bertz CT molecular complexity index is 220. The number of rotatable bonds is 1. The quantitative estimate of drug-likeness (QED) is 0.765. The topological polar surface area (TPSA) is 21.8 Å². The average molecular weight is 270 g/mol. The summed E-state index contributed by atoms with van der Waals surface area (Å²) in [5.41, 5.74) is 0. The van der Waals surface area contributed by atoms with Crippen molar-refractivity contribution < 1.29 is 0 Å². The van der Waals surface area contributed by atoms with Crippen molar-refractivity contribution in [3.63, 3.8) is 0 Å². The standard InChI is InChI=1S/C15H34N4/c1-15(2)19-11-6-10-17(3)12-8-16-7-5-9-18(4)13-14-19/h15-16H,5-14H2,1-4H3. The largest absolute Gasteiger partial charge is 0.315 e. The monoisotopic (exact) mass is 270 g/mol. The Labute approximate surface area is 120 Å². The SMILES string of the molecule is CC(C)N1CCCN(C)CCNCCCN(C)CC1. The molecule has 1 saturated heterocycles. The molecular formula is C15H34N4. The normalized spacial score (nSPS) is 24.5. The van der Waals surface area contributed by atoms with Crippen LogP contribution in [0.5, 0.6) is 0 Å². The summed E-state index contributed by atoms with van der Waals surface area (Å²) in [5.74, 6) is 0. The summed E-state index contributed by atoms with van der Waals surface area (Å²) in [4.78, 5) is 7.53. The minimum atomic E-state index is 0.660. The van der Waals surface area contributed by atoms with E-state index in [0.29, 0.717) is 6.04 Å². The molecule has 0 atom stereocenters. The molecule has 1 heterocycles. The summed E-state index contributed by atoms with van der Waals surface area (Å²) in [6.07, 6.45) is 2.53. The van der Waals surface area contributed by atoms with Crippen molar-refractivity contribution in [1.29, 1.82) is 0 Å². The number of hydrogen-bond donors (Lipinski definition) is 1. The number of likely N-dealkylation sites (N-methyl/N-ethyl adjacent to an activating group) is 2. The van der Waals surface area contributed by atoms with Gasteiger partial charge in [-0.1, -0.05) is 0 Å². The van der Waals surface area contributed by atoms with E-state index in [0.717, 1.165) is 19.6 Å². The molecule has 0 bridgehead atoms. The van der Waals surface area contributed by atoms with Gasteiger partial charge in [0.2, 0.25) is 0 Å². The van der Waals surface area contributed by atoms with E-state index >= 15 is 0 Å². The fraction of sp³-hybridized carbons (Fsp3) is 1.00. The smallest absolute Gasteiger partial charge is 0.0112 e. The van der Waals surface area contributed by atoms with E-state index in [4.69, 9.17) is 0 Å². The number of nitrogens with zero attached hydrogens (tertiary/aromatic N) is 3. The van der Waals surface area contributed by atoms with Gasteiger partial charge < -0.3 is 15.1 Å². The molecule has 0 aliphatic carbocycles. The summed E-state index contributed by atoms with van der Waals surface area (Å²) < 4.78 is 0. The van der Waals surface area contributed by atoms with Gasteiger partial charge in [-0.3, -0.25) is 4.90 Å². The second-order valence-electron chi connectivity index (χ2n) is 6.19. The molecule has 4 nitrogen and oxygen atoms in total. The summed E-state index contributed by atoms with van der Waals surface area (Å²) >= 11 is 0. The number of hydrogen-bond acceptors (Lipinski definition) is 4. The first-order valence-corrected chi connectivity index (χ1v) is 7.91. The van der Waals surface area contributed by atoms with Crippen LogP contribution in [-0.2, 0) is 0 Å². The van der Waals surface area contributed by atoms with Gasteiger partial charge in [0.05, 0.1) is 0 Å². The third-order valence-corrected chi connectivity index (χ3v) is 4.05. The minimum absolute atomic E-state index is 0.660. The number of nitrogens with one attached hydrogen (secondary N) is 1. The molecule has 1 fully saturated rings. The van der Waals surface area contributed by atoms with E-state index in [2.05, 4.69) is 48.0 Å². The zero-order valence-corrected chi connectivity index (χ0v) is 13.5. The van der Waals surface area contributed by atoms with Gasteiger partial charge in [0, 0.05) is 32.2 Å². The Morgan fingerprint density at radius 3 is 2.16 bits per heavy atom. The van der Waals surface area contributed by atoms with Gasteiger partial charge >= 0.3 is 0 Å². The van der Waals surface area contributed by atoms with Crippen molar-refractivity contribution in [1.82, 2.24) is 20.0 Å². The zero-order chi connectivity index (χ0) is 14.1. The van der Waals surface area contributed by atoms with Crippen molar-refractivity contribution in [2.24, 2.45) is 0 Å². The highest BCUT2D eigenvalue weighted by Gasteiger charge is 2.11. The predicted octanol–water partition coefficient (Wildman–Crippen LogP) is 0.944. The average Bonchev–Trinajstić information content (AvgIpc) is 2.36. The van der Waals surface area contributed by atoms with E-state index in [1.165, 1.54) is 45.6 Å². The second kappa shape index (κ2) is 9.70. The molecule has 4 heteroatoms. The fourth-order valence-corrected chi connectivity index (χ4v) is 2.56. The maximum absolute atomic E-state index is 3.54. The van der Waals surface area contributed by atoms with Crippen LogP contribution in [-0.4, -0.2) is 87.2 Å². The van der Waals surface area contributed by atoms with Crippen molar-refractivity contribution in [3.05, 3.63) is 0 Å². The van der Waals surface area contributed by atoms with Crippen LogP contribution >= 0.6 is 0 Å². The maximum Gasteiger partial charge on any atom is 0.0112 e. The van der Waals surface area contributed by atoms with Gasteiger partial charge in [-0.2, -0.15) is 0 Å². The van der Waals surface area contributed by atoms with Crippen molar-refractivity contribution in [2.45, 2.75) is 32.7 Å². The summed E-state index contributed by atoms with van der Waals surface area (Å²) in [6, 6.07) is 0.660. The molecule has 1 aliphatic heterocycles. The first-order chi connectivity index (χ1) is 9.09. The van der Waals surface area contributed by atoms with Crippen LogP contribution in [0.2, 0.25) is 0 Å². The van der Waals surface area contributed by atoms with Crippen LogP contribution in [0.1, 0.15) is 26.7 Å². The molecule has 1 N–H and O–H groups in total. The van der Waals surface area contributed by atoms with Gasteiger partial charge in [-0.05, 0) is 67.0 Å². The van der Waals surface area contributed by atoms with Crippen LogP contribution in [0, 0.1) is 0 Å². The fourth-order valence-electron chi connectivity index (χ4n) is 2.56. The Morgan fingerprint density at radius 1 is 0.737 bits per heavy atom. The predicted molar refractivity (Wildman–Crippen MR) is 83.8 cm³/mol. The molecule has 0 saturated carbocycles. The lowest BCUT2D eigenvalue weighted by atomic mass is 10.2. The molecular weight excluding hydrogens is 236 g/mol. The molecule has 0 aromatic carbocycles. The Balaban J connectivity index is 2.42. The third-order valence-electron chi connectivity index (χ3n) is 4.05. The lowest BCUT2D eigenvalue weighted by molar-refractivity contribution is 0.176. The van der Waals surface area contributed by atoms with Crippen LogP contribution in [0.15, 0.2) is 0 Å². The second-order valence-corrected chi connectivity index (χ2v) is 6.19. The van der Waals surface area contributed by atoms with Gasteiger partial charge in [0.25, 0.3) is 0 Å². The van der Waals surface area contributed by atoms with E-state index in [-0.39, 0.29) is 0 Å². The molecule has 0 radical (unpaired) electrons. The molecule has 114 valence electrons. The molecule has 0 spiro atoms. The van der Waals surface area contributed by atoms with E-state index < -0.39 is 0 Å². The summed E-state index contributed by atoms with van der Waals surface area (Å²) in [6.45, 7) is 14.1. The molecule has 1 aliphatic rings. The van der Waals surface area contributed by atoms with Crippen molar-refractivity contribution in [2.75, 3.05) is 66.5 Å². The Hall–Kier alpha value is -0.160. The third kappa shape index (κ3) is 7.88. The molecule has 19 heavy (non-hydrogen) atoms. The Morgan fingerprint density at radius 2 is 1.42 bits per heavy atom. The minimum Gasteiger partial charge on any atom is -0.315 e. The summed E-state index contributed by atoms with van der Waals surface area (Å²) in [5, 5.41) is 3.54. The van der Waals surface area contributed by atoms with Crippen LogP contribution in [0.3, 0.4) is 0 Å². The molecule has 1 rings (SSSR count). The lowest BCUT2D eigenvalue weighted by Crippen LogP contribution is -2.40. The van der Waals surface area contributed by atoms with Crippen molar-refractivity contribution >= 4 is 0 Å². The van der Waals surface area contributed by atoms with Crippen LogP contribution < -0.4 is 5.32 Å². The summed E-state index contributed by atoms with van der Waals surface area (Å²) in [7, 11) is 4.49.